The number of anilines is 1. The molecule has 9 heteroatoms. The molecule has 0 aliphatic rings. The van der Waals surface area contributed by atoms with E-state index in [-0.39, 0.29) is 5.91 Å². The second-order valence-electron chi connectivity index (χ2n) is 5.56. The van der Waals surface area contributed by atoms with Gasteiger partial charge in [-0.15, -0.1) is 0 Å². The third-order valence-corrected chi connectivity index (χ3v) is 4.03. The summed E-state index contributed by atoms with van der Waals surface area (Å²) < 4.78 is 6.38. The molecule has 0 spiro atoms. The second kappa shape index (κ2) is 9.00. The molecule has 0 bridgehead atoms. The van der Waals surface area contributed by atoms with Gasteiger partial charge < -0.3 is 15.4 Å². The van der Waals surface area contributed by atoms with Crippen LogP contribution in [0.1, 0.15) is 21.6 Å². The number of carbonyl (C=O) groups excluding carboxylic acids is 3. The maximum Gasteiger partial charge on any atom is 0.331 e. The first-order valence-corrected chi connectivity index (χ1v) is 8.35. The van der Waals surface area contributed by atoms with Crippen LogP contribution in [0.3, 0.4) is 0 Å². The van der Waals surface area contributed by atoms with Gasteiger partial charge in [-0.1, -0.05) is 11.6 Å². The zero-order valence-electron chi connectivity index (χ0n) is 15.1. The van der Waals surface area contributed by atoms with Crippen molar-refractivity contribution in [1.82, 2.24) is 15.1 Å². The van der Waals surface area contributed by atoms with E-state index in [9.17, 15) is 14.4 Å². The van der Waals surface area contributed by atoms with Gasteiger partial charge in [0.25, 0.3) is 11.8 Å². The molecule has 142 valence electrons. The van der Waals surface area contributed by atoms with E-state index >= 15 is 0 Å². The Bertz CT molecular complexity index is 888. The van der Waals surface area contributed by atoms with E-state index in [0.29, 0.717) is 27.7 Å². The van der Waals surface area contributed by atoms with Gasteiger partial charge in [0.15, 0.2) is 6.61 Å². The lowest BCUT2D eigenvalue weighted by molar-refractivity contribution is -0.142. The Balaban J connectivity index is 1.85. The predicted molar refractivity (Wildman–Crippen MR) is 101 cm³/mol. The van der Waals surface area contributed by atoms with E-state index in [2.05, 4.69) is 15.7 Å². The summed E-state index contributed by atoms with van der Waals surface area (Å²) in [5.74, 6) is -1.41. The molecule has 0 aliphatic heterocycles. The van der Waals surface area contributed by atoms with Crippen LogP contribution in [-0.4, -0.2) is 41.2 Å². The zero-order chi connectivity index (χ0) is 20.0. The summed E-state index contributed by atoms with van der Waals surface area (Å²) in [7, 11) is 3.22. The molecule has 0 saturated carbocycles. The van der Waals surface area contributed by atoms with E-state index < -0.39 is 18.5 Å². The van der Waals surface area contributed by atoms with Gasteiger partial charge in [0.1, 0.15) is 5.15 Å². The van der Waals surface area contributed by atoms with Crippen molar-refractivity contribution in [3.05, 3.63) is 52.3 Å². The molecule has 1 aromatic heterocycles. The van der Waals surface area contributed by atoms with Crippen LogP contribution >= 0.6 is 11.6 Å². The monoisotopic (exact) mass is 390 g/mol. The molecule has 2 amide bonds. The smallest absolute Gasteiger partial charge is 0.331 e. The minimum atomic E-state index is -0.681. The number of carbonyl (C=O) groups is 3. The molecule has 2 aromatic rings. The third-order valence-electron chi connectivity index (χ3n) is 3.59. The Labute approximate surface area is 161 Å². The molecule has 1 aromatic carbocycles. The van der Waals surface area contributed by atoms with Crippen molar-refractivity contribution in [2.45, 2.75) is 6.92 Å². The van der Waals surface area contributed by atoms with Crippen molar-refractivity contribution in [1.29, 1.82) is 0 Å². The summed E-state index contributed by atoms with van der Waals surface area (Å²) in [4.78, 5) is 35.1. The lowest BCUT2D eigenvalue weighted by atomic mass is 10.2. The van der Waals surface area contributed by atoms with Crippen molar-refractivity contribution in [3.63, 3.8) is 0 Å². The Kier molecular flexibility index (Phi) is 6.73. The summed E-state index contributed by atoms with van der Waals surface area (Å²) in [6.45, 7) is 1.32. The number of aryl methyl sites for hydroxylation is 2. The summed E-state index contributed by atoms with van der Waals surface area (Å²) in [5, 5.41) is 9.59. The number of aromatic nitrogens is 2. The number of hydrogen-bond acceptors (Lipinski definition) is 5. The first-order chi connectivity index (χ1) is 12.8. The Morgan fingerprint density at radius 2 is 1.93 bits per heavy atom. The Morgan fingerprint density at radius 3 is 2.48 bits per heavy atom. The SMILES string of the molecule is CNC(=O)c1ccc(NC(=O)COC(=O)/C=C/c2c(C)nn(C)c2Cl)cc1. The summed E-state index contributed by atoms with van der Waals surface area (Å²) in [6, 6.07) is 6.31. The molecule has 8 nitrogen and oxygen atoms in total. The first-order valence-electron chi connectivity index (χ1n) is 7.97. The van der Waals surface area contributed by atoms with Gasteiger partial charge in [-0.3, -0.25) is 14.3 Å². The van der Waals surface area contributed by atoms with Gasteiger partial charge in [-0.05, 0) is 37.3 Å². The molecular formula is C18H19ClN4O4. The fourth-order valence-corrected chi connectivity index (χ4v) is 2.46. The molecule has 0 atom stereocenters. The van der Waals surface area contributed by atoms with Crippen LogP contribution in [0.5, 0.6) is 0 Å². The molecule has 0 fully saturated rings. The molecule has 2 N–H and O–H groups in total. The van der Waals surface area contributed by atoms with Gasteiger partial charge in [0, 0.05) is 37.0 Å². The summed E-state index contributed by atoms with van der Waals surface area (Å²) in [6.07, 6.45) is 2.67. The lowest BCUT2D eigenvalue weighted by Gasteiger charge is -2.06. The molecule has 2 rings (SSSR count). The van der Waals surface area contributed by atoms with Crippen LogP contribution in [0.25, 0.3) is 6.08 Å². The Hall–Kier alpha value is -3.13. The van der Waals surface area contributed by atoms with Crippen molar-refractivity contribution >= 4 is 41.1 Å². The van der Waals surface area contributed by atoms with Crippen LogP contribution in [0.15, 0.2) is 30.3 Å². The molecule has 0 radical (unpaired) electrons. The van der Waals surface area contributed by atoms with E-state index in [1.807, 2.05) is 0 Å². The number of amides is 2. The topological polar surface area (TPSA) is 102 Å². The third kappa shape index (κ3) is 5.42. The minimum absolute atomic E-state index is 0.224. The summed E-state index contributed by atoms with van der Waals surface area (Å²) in [5.41, 5.74) is 2.23. The predicted octanol–water partition coefficient (Wildman–Crippen LogP) is 1.94. The first kappa shape index (κ1) is 20.2. The quantitative estimate of drug-likeness (QED) is 0.579. The number of halogens is 1. The molecular weight excluding hydrogens is 372 g/mol. The maximum absolute atomic E-state index is 11.9. The normalized spacial score (nSPS) is 10.7. The minimum Gasteiger partial charge on any atom is -0.452 e. The number of benzene rings is 1. The Morgan fingerprint density at radius 1 is 1.26 bits per heavy atom. The van der Waals surface area contributed by atoms with Crippen LogP contribution in [0.4, 0.5) is 5.69 Å². The average Bonchev–Trinajstić information content (AvgIpc) is 2.90. The van der Waals surface area contributed by atoms with Gasteiger partial charge in [-0.2, -0.15) is 5.10 Å². The van der Waals surface area contributed by atoms with Crippen LogP contribution in [-0.2, 0) is 21.4 Å². The number of rotatable bonds is 6. The van der Waals surface area contributed by atoms with Gasteiger partial charge >= 0.3 is 5.97 Å². The molecule has 1 heterocycles. The number of nitrogens with zero attached hydrogens (tertiary/aromatic N) is 2. The van der Waals surface area contributed by atoms with E-state index in [0.717, 1.165) is 0 Å². The highest BCUT2D eigenvalue weighted by atomic mass is 35.5. The number of hydrogen-bond donors (Lipinski definition) is 2. The highest BCUT2D eigenvalue weighted by Gasteiger charge is 2.10. The molecule has 0 unspecified atom stereocenters. The summed E-state index contributed by atoms with van der Waals surface area (Å²) >= 11 is 6.06. The largest absolute Gasteiger partial charge is 0.452 e. The van der Waals surface area contributed by atoms with E-state index in [1.165, 1.54) is 23.9 Å². The standard InChI is InChI=1S/C18H19ClN4O4/c1-11-14(17(19)23(3)22-11)8-9-16(25)27-10-15(24)21-13-6-4-12(5-7-13)18(26)20-2/h4-9H,10H2,1-3H3,(H,20,26)(H,21,24)/b9-8+. The van der Waals surface area contributed by atoms with Crippen molar-refractivity contribution in [3.8, 4) is 0 Å². The van der Waals surface area contributed by atoms with Gasteiger partial charge in [-0.25, -0.2) is 4.79 Å². The number of nitrogens with one attached hydrogen (secondary N) is 2. The second-order valence-corrected chi connectivity index (χ2v) is 5.92. The van der Waals surface area contributed by atoms with Crippen molar-refractivity contribution in [2.24, 2.45) is 7.05 Å². The zero-order valence-corrected chi connectivity index (χ0v) is 15.8. The highest BCUT2D eigenvalue weighted by Crippen LogP contribution is 2.19. The fraction of sp³-hybridized carbons (Fsp3) is 0.222. The van der Waals surface area contributed by atoms with Gasteiger partial charge in [0.05, 0.1) is 5.69 Å². The van der Waals surface area contributed by atoms with Crippen molar-refractivity contribution in [2.75, 3.05) is 19.0 Å². The molecule has 0 aliphatic carbocycles. The number of ether oxygens (including phenoxy) is 1. The number of esters is 1. The van der Waals surface area contributed by atoms with E-state index in [4.69, 9.17) is 16.3 Å². The molecule has 0 saturated heterocycles. The fourth-order valence-electron chi connectivity index (χ4n) is 2.22. The highest BCUT2D eigenvalue weighted by molar-refractivity contribution is 6.31. The molecule has 27 heavy (non-hydrogen) atoms. The van der Waals surface area contributed by atoms with Crippen LogP contribution in [0, 0.1) is 6.92 Å². The van der Waals surface area contributed by atoms with Crippen molar-refractivity contribution < 1.29 is 19.1 Å². The van der Waals surface area contributed by atoms with Crippen LogP contribution < -0.4 is 10.6 Å². The van der Waals surface area contributed by atoms with E-state index in [1.54, 1.807) is 38.2 Å². The average molecular weight is 391 g/mol. The van der Waals surface area contributed by atoms with Gasteiger partial charge in [0.2, 0.25) is 0 Å². The maximum atomic E-state index is 11.9. The lowest BCUT2D eigenvalue weighted by Crippen LogP contribution is -2.20. The van der Waals surface area contributed by atoms with Crippen LogP contribution in [0.2, 0.25) is 5.15 Å².